The first-order chi connectivity index (χ1) is 8.08. The summed E-state index contributed by atoms with van der Waals surface area (Å²) < 4.78 is 0. The van der Waals surface area contributed by atoms with E-state index in [0.717, 1.165) is 12.0 Å². The standard InChI is InChI=1S/C13H19ClN2O.ClH/c1-3-12(16-13(17)9(2)8-15)10-4-6-11(14)7-5-10;/h4-7,9,12H,3,8,15H2,1-2H3,(H,16,17);1H. The lowest BCUT2D eigenvalue weighted by atomic mass is 10.0. The second-order valence-electron chi connectivity index (χ2n) is 4.16. The summed E-state index contributed by atoms with van der Waals surface area (Å²) in [5, 5.41) is 3.69. The van der Waals surface area contributed by atoms with E-state index in [1.807, 2.05) is 38.1 Å². The van der Waals surface area contributed by atoms with Crippen molar-refractivity contribution in [3.8, 4) is 0 Å². The Bertz CT molecular complexity index is 368. The Morgan fingerprint density at radius 3 is 2.39 bits per heavy atom. The minimum atomic E-state index is -0.156. The highest BCUT2D eigenvalue weighted by Gasteiger charge is 2.16. The van der Waals surface area contributed by atoms with Gasteiger partial charge in [0.1, 0.15) is 0 Å². The first kappa shape index (κ1) is 17.2. The molecular weight excluding hydrogens is 271 g/mol. The van der Waals surface area contributed by atoms with Gasteiger partial charge in [0.25, 0.3) is 0 Å². The summed E-state index contributed by atoms with van der Waals surface area (Å²) in [7, 11) is 0. The fourth-order valence-corrected chi connectivity index (χ4v) is 1.66. The van der Waals surface area contributed by atoms with Crippen molar-refractivity contribution < 1.29 is 4.79 Å². The predicted molar refractivity (Wildman–Crippen MR) is 78.1 cm³/mol. The molecule has 1 rings (SSSR count). The molecule has 0 aliphatic heterocycles. The van der Waals surface area contributed by atoms with E-state index in [9.17, 15) is 4.79 Å². The third-order valence-electron chi connectivity index (χ3n) is 2.80. The van der Waals surface area contributed by atoms with E-state index in [4.69, 9.17) is 17.3 Å². The van der Waals surface area contributed by atoms with Gasteiger partial charge in [-0.1, -0.05) is 37.6 Å². The largest absolute Gasteiger partial charge is 0.349 e. The minimum absolute atomic E-state index is 0. The lowest BCUT2D eigenvalue weighted by Crippen LogP contribution is -2.35. The summed E-state index contributed by atoms with van der Waals surface area (Å²) in [5.41, 5.74) is 6.53. The Labute approximate surface area is 119 Å². The van der Waals surface area contributed by atoms with Crippen LogP contribution in [0, 0.1) is 5.92 Å². The van der Waals surface area contributed by atoms with Gasteiger partial charge >= 0.3 is 0 Å². The SMILES string of the molecule is CCC(NC(=O)C(C)CN)c1ccc(Cl)cc1.Cl. The van der Waals surface area contributed by atoms with Gasteiger partial charge in [0.2, 0.25) is 5.91 Å². The summed E-state index contributed by atoms with van der Waals surface area (Å²) in [4.78, 5) is 11.8. The van der Waals surface area contributed by atoms with Crippen molar-refractivity contribution >= 4 is 29.9 Å². The van der Waals surface area contributed by atoms with Crippen LogP contribution in [0.1, 0.15) is 31.9 Å². The smallest absolute Gasteiger partial charge is 0.224 e. The second-order valence-corrected chi connectivity index (χ2v) is 4.59. The van der Waals surface area contributed by atoms with Gasteiger partial charge in [0, 0.05) is 17.5 Å². The number of hydrogen-bond donors (Lipinski definition) is 2. The average molecular weight is 291 g/mol. The summed E-state index contributed by atoms with van der Waals surface area (Å²) >= 11 is 5.83. The number of halogens is 2. The van der Waals surface area contributed by atoms with Crippen LogP contribution in [0.15, 0.2) is 24.3 Å². The zero-order chi connectivity index (χ0) is 12.8. The number of nitrogens with two attached hydrogens (primary N) is 1. The highest BCUT2D eigenvalue weighted by atomic mass is 35.5. The normalized spacial score (nSPS) is 13.3. The molecule has 1 amide bonds. The molecule has 0 saturated carbocycles. The highest BCUT2D eigenvalue weighted by molar-refractivity contribution is 6.30. The molecule has 1 aromatic carbocycles. The molecule has 18 heavy (non-hydrogen) atoms. The van der Waals surface area contributed by atoms with Crippen molar-refractivity contribution in [2.45, 2.75) is 26.3 Å². The minimum Gasteiger partial charge on any atom is -0.349 e. The van der Waals surface area contributed by atoms with E-state index < -0.39 is 0 Å². The molecule has 0 saturated heterocycles. The molecule has 0 fully saturated rings. The number of carbonyl (C=O) groups excluding carboxylic acids is 1. The van der Waals surface area contributed by atoms with Crippen LogP contribution in [0.2, 0.25) is 5.02 Å². The first-order valence-corrected chi connectivity index (χ1v) is 6.22. The quantitative estimate of drug-likeness (QED) is 0.876. The predicted octanol–water partition coefficient (Wildman–Crippen LogP) is 2.92. The molecule has 2 unspecified atom stereocenters. The Balaban J connectivity index is 0.00000289. The van der Waals surface area contributed by atoms with Crippen LogP contribution in [0.25, 0.3) is 0 Å². The van der Waals surface area contributed by atoms with Crippen LogP contribution in [0.3, 0.4) is 0 Å². The molecular formula is C13H20Cl2N2O. The maximum Gasteiger partial charge on any atom is 0.224 e. The summed E-state index contributed by atoms with van der Waals surface area (Å²) in [6.45, 7) is 4.22. The molecule has 0 aliphatic carbocycles. The number of benzene rings is 1. The molecule has 102 valence electrons. The molecule has 1 aromatic rings. The fraction of sp³-hybridized carbons (Fsp3) is 0.462. The van der Waals surface area contributed by atoms with Crippen LogP contribution >= 0.6 is 24.0 Å². The van der Waals surface area contributed by atoms with E-state index in [1.165, 1.54) is 0 Å². The maximum atomic E-state index is 11.8. The lowest BCUT2D eigenvalue weighted by Gasteiger charge is -2.19. The van der Waals surface area contributed by atoms with Gasteiger partial charge in [-0.3, -0.25) is 4.79 Å². The Kier molecular flexibility index (Phi) is 8.00. The molecule has 2 atom stereocenters. The third-order valence-corrected chi connectivity index (χ3v) is 3.05. The maximum absolute atomic E-state index is 11.8. The van der Waals surface area contributed by atoms with Crippen molar-refractivity contribution in [3.63, 3.8) is 0 Å². The average Bonchev–Trinajstić information content (AvgIpc) is 2.35. The van der Waals surface area contributed by atoms with Crippen LogP contribution in [-0.4, -0.2) is 12.5 Å². The van der Waals surface area contributed by atoms with E-state index in [1.54, 1.807) is 0 Å². The lowest BCUT2D eigenvalue weighted by molar-refractivity contribution is -0.125. The molecule has 0 heterocycles. The molecule has 0 spiro atoms. The Morgan fingerprint density at radius 2 is 1.94 bits per heavy atom. The van der Waals surface area contributed by atoms with Gasteiger partial charge in [0.05, 0.1) is 6.04 Å². The summed E-state index contributed by atoms with van der Waals surface area (Å²) in [6.07, 6.45) is 0.838. The second kappa shape index (κ2) is 8.35. The molecule has 0 aromatic heterocycles. The molecule has 3 nitrogen and oxygen atoms in total. The fourth-order valence-electron chi connectivity index (χ4n) is 1.54. The highest BCUT2D eigenvalue weighted by Crippen LogP contribution is 2.19. The third kappa shape index (κ3) is 4.84. The number of rotatable bonds is 5. The molecule has 0 radical (unpaired) electrons. The van der Waals surface area contributed by atoms with Crippen LogP contribution < -0.4 is 11.1 Å². The summed E-state index contributed by atoms with van der Waals surface area (Å²) in [6, 6.07) is 7.55. The number of amides is 1. The van der Waals surface area contributed by atoms with Gasteiger partial charge in [-0.15, -0.1) is 12.4 Å². The van der Waals surface area contributed by atoms with Gasteiger partial charge < -0.3 is 11.1 Å². The van der Waals surface area contributed by atoms with Gasteiger partial charge in [0.15, 0.2) is 0 Å². The molecule has 0 bridgehead atoms. The summed E-state index contributed by atoms with van der Waals surface area (Å²) in [5.74, 6) is -0.161. The van der Waals surface area contributed by atoms with Crippen LogP contribution in [0.5, 0.6) is 0 Å². The number of carbonyl (C=O) groups is 1. The van der Waals surface area contributed by atoms with Crippen molar-refractivity contribution in [1.82, 2.24) is 5.32 Å². The van der Waals surface area contributed by atoms with E-state index in [0.29, 0.717) is 11.6 Å². The topological polar surface area (TPSA) is 55.1 Å². The van der Waals surface area contributed by atoms with E-state index in [2.05, 4.69) is 5.32 Å². The van der Waals surface area contributed by atoms with E-state index >= 15 is 0 Å². The number of nitrogens with one attached hydrogen (secondary N) is 1. The van der Waals surface area contributed by atoms with Crippen molar-refractivity contribution in [2.75, 3.05) is 6.54 Å². The van der Waals surface area contributed by atoms with Gasteiger partial charge in [-0.25, -0.2) is 0 Å². The van der Waals surface area contributed by atoms with E-state index in [-0.39, 0.29) is 30.3 Å². The molecule has 0 aliphatic rings. The zero-order valence-corrected chi connectivity index (χ0v) is 12.2. The van der Waals surface area contributed by atoms with Crippen molar-refractivity contribution in [1.29, 1.82) is 0 Å². The Hall–Kier alpha value is -0.770. The zero-order valence-electron chi connectivity index (χ0n) is 10.7. The Morgan fingerprint density at radius 1 is 1.39 bits per heavy atom. The van der Waals surface area contributed by atoms with Gasteiger partial charge in [-0.05, 0) is 24.1 Å². The molecule has 3 N–H and O–H groups in total. The monoisotopic (exact) mass is 290 g/mol. The van der Waals surface area contributed by atoms with Crippen molar-refractivity contribution in [3.05, 3.63) is 34.9 Å². The van der Waals surface area contributed by atoms with Crippen LogP contribution in [-0.2, 0) is 4.79 Å². The van der Waals surface area contributed by atoms with Gasteiger partial charge in [-0.2, -0.15) is 0 Å². The first-order valence-electron chi connectivity index (χ1n) is 5.84. The number of hydrogen-bond acceptors (Lipinski definition) is 2. The van der Waals surface area contributed by atoms with Crippen LogP contribution in [0.4, 0.5) is 0 Å². The van der Waals surface area contributed by atoms with Crippen molar-refractivity contribution in [2.24, 2.45) is 11.7 Å². The molecule has 5 heteroatoms.